The van der Waals surface area contributed by atoms with Gasteiger partial charge in [0.15, 0.2) is 0 Å². The smallest absolute Gasteiger partial charge is 0.207 e. The van der Waals surface area contributed by atoms with E-state index in [0.29, 0.717) is 10.5 Å². The number of benzene rings is 2. The Balaban J connectivity index is 1.93. The van der Waals surface area contributed by atoms with Crippen molar-refractivity contribution >= 4 is 10.0 Å². The number of rotatable bonds is 6. The third-order valence-electron chi connectivity index (χ3n) is 4.71. The Kier molecular flexibility index (Phi) is 5.55. The maximum atomic E-state index is 13.2. The quantitative estimate of drug-likeness (QED) is 0.730. The predicted molar refractivity (Wildman–Crippen MR) is 102 cm³/mol. The third kappa shape index (κ3) is 3.87. The van der Waals surface area contributed by atoms with Crippen molar-refractivity contribution in [1.29, 1.82) is 5.26 Å². The first kappa shape index (κ1) is 18.4. The number of hydrogen-bond acceptors (Lipinski definition) is 3. The van der Waals surface area contributed by atoms with Crippen LogP contribution in [0.1, 0.15) is 35.1 Å². The molecule has 0 radical (unpaired) electrons. The van der Waals surface area contributed by atoms with E-state index in [0.717, 1.165) is 36.8 Å². The Morgan fingerprint density at radius 1 is 1.12 bits per heavy atom. The molecule has 1 aliphatic carbocycles. The monoisotopic (exact) mass is 366 g/mol. The summed E-state index contributed by atoms with van der Waals surface area (Å²) in [5.74, 6) is 0. The van der Waals surface area contributed by atoms with Crippen molar-refractivity contribution in [3.63, 3.8) is 0 Å². The summed E-state index contributed by atoms with van der Waals surface area (Å²) < 4.78 is 27.8. The first-order valence-corrected chi connectivity index (χ1v) is 10.2. The third-order valence-corrected chi connectivity index (χ3v) is 6.51. The zero-order valence-electron chi connectivity index (χ0n) is 14.7. The van der Waals surface area contributed by atoms with Gasteiger partial charge >= 0.3 is 0 Å². The van der Waals surface area contributed by atoms with Crippen LogP contribution in [0.5, 0.6) is 0 Å². The van der Waals surface area contributed by atoms with Crippen molar-refractivity contribution in [1.82, 2.24) is 4.31 Å². The Morgan fingerprint density at radius 2 is 1.88 bits per heavy atom. The first-order chi connectivity index (χ1) is 12.5. The average Bonchev–Trinajstić information content (AvgIpc) is 2.67. The van der Waals surface area contributed by atoms with E-state index < -0.39 is 10.0 Å². The van der Waals surface area contributed by atoms with Crippen LogP contribution in [0.3, 0.4) is 0 Å². The standard InChI is InChI=1S/C21H22N2O2S/c1-2-12-23(16-18-7-5-6-17(13-18)15-22)26(24,25)21-11-10-19-8-3-4-9-20(19)14-21/h2,5-7,10-11,13-14H,1,3-4,8-9,12,16H2. The molecule has 2 aromatic carbocycles. The van der Waals surface area contributed by atoms with Crippen molar-refractivity contribution in [3.8, 4) is 6.07 Å². The molecule has 0 fully saturated rings. The summed E-state index contributed by atoms with van der Waals surface area (Å²) in [5.41, 5.74) is 3.70. The lowest BCUT2D eigenvalue weighted by Crippen LogP contribution is -2.31. The minimum atomic E-state index is -3.64. The van der Waals surface area contributed by atoms with Gasteiger partial charge in [0.05, 0.1) is 16.5 Å². The van der Waals surface area contributed by atoms with E-state index in [1.54, 1.807) is 30.3 Å². The zero-order chi connectivity index (χ0) is 18.6. The highest BCUT2D eigenvalue weighted by Gasteiger charge is 2.25. The summed E-state index contributed by atoms with van der Waals surface area (Å²) >= 11 is 0. The molecule has 5 heteroatoms. The second-order valence-electron chi connectivity index (χ2n) is 6.54. The maximum absolute atomic E-state index is 13.2. The van der Waals surface area contributed by atoms with Gasteiger partial charge in [-0.15, -0.1) is 6.58 Å². The van der Waals surface area contributed by atoms with E-state index in [9.17, 15) is 8.42 Å². The van der Waals surface area contributed by atoms with Gasteiger partial charge in [0.25, 0.3) is 0 Å². The molecule has 2 aromatic rings. The molecule has 0 aromatic heterocycles. The molecule has 1 aliphatic rings. The Bertz CT molecular complexity index is 958. The normalized spacial score (nSPS) is 13.8. The van der Waals surface area contributed by atoms with Crippen LogP contribution in [0.2, 0.25) is 0 Å². The summed E-state index contributed by atoms with van der Waals surface area (Å²) in [7, 11) is -3.64. The van der Waals surface area contributed by atoms with Gasteiger partial charge in [0.2, 0.25) is 10.0 Å². The van der Waals surface area contributed by atoms with Crippen molar-refractivity contribution in [3.05, 3.63) is 77.4 Å². The van der Waals surface area contributed by atoms with Crippen molar-refractivity contribution in [2.75, 3.05) is 6.54 Å². The minimum absolute atomic E-state index is 0.209. The molecule has 0 unspecified atom stereocenters. The fourth-order valence-corrected chi connectivity index (χ4v) is 4.80. The number of fused-ring (bicyclic) bond motifs is 1. The van der Waals surface area contributed by atoms with Crippen LogP contribution in [0.25, 0.3) is 0 Å². The number of hydrogen-bond donors (Lipinski definition) is 0. The molecule has 3 rings (SSSR count). The summed E-state index contributed by atoms with van der Waals surface area (Å²) in [6, 6.07) is 14.6. The second kappa shape index (κ2) is 7.86. The number of sulfonamides is 1. The molecular weight excluding hydrogens is 344 g/mol. The summed E-state index contributed by atoms with van der Waals surface area (Å²) in [6.45, 7) is 4.12. The second-order valence-corrected chi connectivity index (χ2v) is 8.47. The van der Waals surface area contributed by atoms with Crippen LogP contribution in [0.15, 0.2) is 60.0 Å². The van der Waals surface area contributed by atoms with Crippen LogP contribution in [0.4, 0.5) is 0 Å². The van der Waals surface area contributed by atoms with Gasteiger partial charge in [-0.2, -0.15) is 9.57 Å². The van der Waals surface area contributed by atoms with Crippen molar-refractivity contribution in [2.24, 2.45) is 0 Å². The molecule has 4 nitrogen and oxygen atoms in total. The molecule has 134 valence electrons. The SMILES string of the molecule is C=CCN(Cc1cccc(C#N)c1)S(=O)(=O)c1ccc2c(c1)CCCC2. The maximum Gasteiger partial charge on any atom is 0.243 e. The molecule has 0 N–H and O–H groups in total. The minimum Gasteiger partial charge on any atom is -0.207 e. The van der Waals surface area contributed by atoms with Crippen LogP contribution in [0, 0.1) is 11.3 Å². The zero-order valence-corrected chi connectivity index (χ0v) is 15.5. The van der Waals surface area contributed by atoms with Gasteiger partial charge in [0.1, 0.15) is 0 Å². The Hall–Kier alpha value is -2.42. The van der Waals surface area contributed by atoms with Gasteiger partial charge < -0.3 is 0 Å². The number of nitriles is 1. The highest BCUT2D eigenvalue weighted by atomic mass is 32.2. The molecule has 0 spiro atoms. The largest absolute Gasteiger partial charge is 0.243 e. The molecule has 0 heterocycles. The number of nitrogens with zero attached hydrogens (tertiary/aromatic N) is 2. The van der Waals surface area contributed by atoms with Gasteiger partial charge in [-0.3, -0.25) is 0 Å². The van der Waals surface area contributed by atoms with E-state index in [2.05, 4.69) is 12.6 Å². The lowest BCUT2D eigenvalue weighted by Gasteiger charge is -2.23. The molecule has 0 saturated carbocycles. The van der Waals surface area contributed by atoms with Crippen molar-refractivity contribution < 1.29 is 8.42 Å². The summed E-state index contributed by atoms with van der Waals surface area (Å²) in [6.07, 6.45) is 5.81. The average molecular weight is 366 g/mol. The van der Waals surface area contributed by atoms with Crippen LogP contribution in [-0.2, 0) is 29.4 Å². The predicted octanol–water partition coefficient (Wildman–Crippen LogP) is 3.81. The highest BCUT2D eigenvalue weighted by molar-refractivity contribution is 7.89. The lowest BCUT2D eigenvalue weighted by molar-refractivity contribution is 0.438. The summed E-state index contributed by atoms with van der Waals surface area (Å²) in [4.78, 5) is 0.330. The fraction of sp³-hybridized carbons (Fsp3) is 0.286. The van der Waals surface area contributed by atoms with Crippen molar-refractivity contribution in [2.45, 2.75) is 37.1 Å². The van der Waals surface area contributed by atoms with Crippen LogP contribution >= 0.6 is 0 Å². The molecule has 0 saturated heterocycles. The molecule has 0 amide bonds. The molecule has 26 heavy (non-hydrogen) atoms. The molecular formula is C21H22N2O2S. The highest BCUT2D eigenvalue weighted by Crippen LogP contribution is 2.26. The van der Waals surface area contributed by atoms with Crippen LogP contribution < -0.4 is 0 Å². The van der Waals surface area contributed by atoms with Gasteiger partial charge in [-0.25, -0.2) is 8.42 Å². The van der Waals surface area contributed by atoms with Gasteiger partial charge in [0, 0.05) is 13.1 Å². The van der Waals surface area contributed by atoms with E-state index in [4.69, 9.17) is 5.26 Å². The van der Waals surface area contributed by atoms with Crippen LogP contribution in [-0.4, -0.2) is 19.3 Å². The van der Waals surface area contributed by atoms with Gasteiger partial charge in [-0.05, 0) is 66.6 Å². The summed E-state index contributed by atoms with van der Waals surface area (Å²) in [5, 5.41) is 9.05. The number of aryl methyl sites for hydroxylation is 2. The topological polar surface area (TPSA) is 61.2 Å². The lowest BCUT2D eigenvalue weighted by atomic mass is 9.92. The first-order valence-electron chi connectivity index (χ1n) is 8.76. The molecule has 0 aliphatic heterocycles. The van der Waals surface area contributed by atoms with E-state index in [-0.39, 0.29) is 13.1 Å². The van der Waals surface area contributed by atoms with E-state index in [1.165, 1.54) is 9.87 Å². The van der Waals surface area contributed by atoms with Gasteiger partial charge in [-0.1, -0.05) is 24.3 Å². The molecule has 0 atom stereocenters. The van der Waals surface area contributed by atoms with E-state index >= 15 is 0 Å². The molecule has 0 bridgehead atoms. The Morgan fingerprint density at radius 3 is 2.62 bits per heavy atom. The van der Waals surface area contributed by atoms with E-state index in [1.807, 2.05) is 18.2 Å². The Labute approximate surface area is 155 Å². The fourth-order valence-electron chi connectivity index (χ4n) is 3.35.